The molecule has 32 heavy (non-hydrogen) atoms. The van der Waals surface area contributed by atoms with E-state index in [-0.39, 0.29) is 19.0 Å². The van der Waals surface area contributed by atoms with Gasteiger partial charge in [-0.2, -0.15) is 0 Å². The Balaban J connectivity index is 1.34. The van der Waals surface area contributed by atoms with E-state index in [1.807, 2.05) is 4.90 Å². The number of alkyl halides is 1. The van der Waals surface area contributed by atoms with Gasteiger partial charge < -0.3 is 19.4 Å². The minimum absolute atomic E-state index is 0.205. The Morgan fingerprint density at radius 2 is 1.91 bits per heavy atom. The van der Waals surface area contributed by atoms with E-state index < -0.39 is 24.7 Å². The van der Waals surface area contributed by atoms with Gasteiger partial charge in [0, 0.05) is 33.1 Å². The number of piperazine rings is 1. The van der Waals surface area contributed by atoms with E-state index in [9.17, 15) is 18.4 Å². The Morgan fingerprint density at radius 3 is 2.56 bits per heavy atom. The monoisotopic (exact) mass is 448 g/mol. The third-order valence-corrected chi connectivity index (χ3v) is 5.64. The standard InChI is InChI=1S/C22H26F2N4O4/c1-15(29)25-12-19-14-28(22(30)32-19)16-2-5-21(20(24)10-16)27-8-6-26(7-9-27)13-18-4-3-17(11-23)31-18/h2-5,10,19H,6-9,11-14H2,1H3,(H,25,29)/t19-/m0/s1. The second kappa shape index (κ2) is 9.56. The molecule has 0 radical (unpaired) electrons. The Kier molecular flexibility index (Phi) is 6.59. The topological polar surface area (TPSA) is 78.3 Å². The molecular formula is C22H26F2N4O4. The Morgan fingerprint density at radius 1 is 1.16 bits per heavy atom. The molecule has 2 fully saturated rings. The third-order valence-electron chi connectivity index (χ3n) is 5.64. The van der Waals surface area contributed by atoms with Crippen molar-refractivity contribution in [2.45, 2.75) is 26.2 Å². The summed E-state index contributed by atoms with van der Waals surface area (Å²) < 4.78 is 38.2. The van der Waals surface area contributed by atoms with Gasteiger partial charge in [0.15, 0.2) is 0 Å². The van der Waals surface area contributed by atoms with Gasteiger partial charge in [0.2, 0.25) is 5.91 Å². The van der Waals surface area contributed by atoms with Gasteiger partial charge in [0.05, 0.1) is 31.0 Å². The second-order valence-electron chi connectivity index (χ2n) is 7.95. The van der Waals surface area contributed by atoms with Crippen molar-refractivity contribution in [1.82, 2.24) is 10.2 Å². The Labute approximate surface area is 184 Å². The SMILES string of the molecule is CC(=O)NC[C@H]1CN(c2ccc(N3CCN(Cc4ccc(CF)o4)CC3)c(F)c2)C(=O)O1. The minimum atomic E-state index is -0.617. The summed E-state index contributed by atoms with van der Waals surface area (Å²) in [5.74, 6) is 0.427. The highest BCUT2D eigenvalue weighted by molar-refractivity contribution is 5.90. The number of nitrogens with one attached hydrogen (secondary N) is 1. The molecule has 0 bridgehead atoms. The van der Waals surface area contributed by atoms with Crippen molar-refractivity contribution < 1.29 is 27.5 Å². The fourth-order valence-electron chi connectivity index (χ4n) is 3.96. The summed E-state index contributed by atoms with van der Waals surface area (Å²) in [4.78, 5) is 28.7. The summed E-state index contributed by atoms with van der Waals surface area (Å²) >= 11 is 0. The fraction of sp³-hybridized carbons (Fsp3) is 0.455. The number of nitrogens with zero attached hydrogens (tertiary/aromatic N) is 3. The van der Waals surface area contributed by atoms with Gasteiger partial charge >= 0.3 is 6.09 Å². The predicted octanol–water partition coefficient (Wildman–Crippen LogP) is 2.67. The Hall–Kier alpha value is -3.14. The smallest absolute Gasteiger partial charge is 0.414 e. The zero-order valence-corrected chi connectivity index (χ0v) is 17.9. The van der Waals surface area contributed by atoms with Crippen LogP contribution in [0.4, 0.5) is 25.0 Å². The van der Waals surface area contributed by atoms with Crippen LogP contribution in [0.2, 0.25) is 0 Å². The number of ether oxygens (including phenoxy) is 1. The number of halogens is 2. The summed E-state index contributed by atoms with van der Waals surface area (Å²) in [6.07, 6.45) is -1.03. The van der Waals surface area contributed by atoms with E-state index in [4.69, 9.17) is 9.15 Å². The quantitative estimate of drug-likeness (QED) is 0.702. The van der Waals surface area contributed by atoms with E-state index in [2.05, 4.69) is 10.2 Å². The molecule has 1 aromatic heterocycles. The number of carbonyl (C=O) groups excluding carboxylic acids is 2. The number of carbonyl (C=O) groups is 2. The molecule has 1 aromatic carbocycles. The second-order valence-corrected chi connectivity index (χ2v) is 7.95. The number of rotatable bonds is 7. The van der Waals surface area contributed by atoms with E-state index >= 15 is 0 Å². The lowest BCUT2D eigenvalue weighted by Gasteiger charge is -2.36. The first-order valence-electron chi connectivity index (χ1n) is 10.6. The molecule has 8 nitrogen and oxygen atoms in total. The molecule has 0 saturated carbocycles. The van der Waals surface area contributed by atoms with Gasteiger partial charge in [-0.3, -0.25) is 14.6 Å². The number of anilines is 2. The maximum Gasteiger partial charge on any atom is 0.414 e. The zero-order valence-electron chi connectivity index (χ0n) is 17.9. The number of hydrogen-bond donors (Lipinski definition) is 1. The van der Waals surface area contributed by atoms with E-state index in [1.54, 1.807) is 24.3 Å². The average molecular weight is 448 g/mol. The van der Waals surface area contributed by atoms with Crippen LogP contribution in [0.5, 0.6) is 0 Å². The molecule has 4 rings (SSSR count). The minimum Gasteiger partial charge on any atom is -0.462 e. The maximum absolute atomic E-state index is 14.9. The van der Waals surface area contributed by atoms with Crippen molar-refractivity contribution in [2.75, 3.05) is 49.1 Å². The molecule has 0 aliphatic carbocycles. The predicted molar refractivity (Wildman–Crippen MR) is 114 cm³/mol. The number of furan rings is 1. The number of benzene rings is 1. The van der Waals surface area contributed by atoms with E-state index in [0.29, 0.717) is 36.8 Å². The fourth-order valence-corrected chi connectivity index (χ4v) is 3.96. The molecule has 2 aromatic rings. The summed E-state index contributed by atoms with van der Waals surface area (Å²) in [6, 6.07) is 8.14. The molecule has 2 saturated heterocycles. The van der Waals surface area contributed by atoms with E-state index in [1.165, 1.54) is 17.9 Å². The van der Waals surface area contributed by atoms with Crippen LogP contribution in [0.25, 0.3) is 0 Å². The summed E-state index contributed by atoms with van der Waals surface area (Å²) in [6.45, 7) is 4.53. The number of cyclic esters (lactones) is 1. The first kappa shape index (κ1) is 22.1. The average Bonchev–Trinajstić information content (AvgIpc) is 3.39. The van der Waals surface area contributed by atoms with Gasteiger partial charge in [-0.1, -0.05) is 0 Å². The lowest BCUT2D eigenvalue weighted by Crippen LogP contribution is -2.46. The molecule has 1 atom stereocenters. The van der Waals surface area contributed by atoms with Crippen LogP contribution in [0.3, 0.4) is 0 Å². The molecule has 0 spiro atoms. The van der Waals surface area contributed by atoms with Crippen molar-refractivity contribution in [1.29, 1.82) is 0 Å². The van der Waals surface area contributed by atoms with Crippen molar-refractivity contribution in [3.63, 3.8) is 0 Å². The van der Waals surface area contributed by atoms with Crippen LogP contribution < -0.4 is 15.1 Å². The first-order chi connectivity index (χ1) is 15.4. The maximum atomic E-state index is 14.9. The molecule has 2 aliphatic rings. The normalized spacial score (nSPS) is 19.3. The van der Waals surface area contributed by atoms with Crippen molar-refractivity contribution >= 4 is 23.4 Å². The third kappa shape index (κ3) is 5.01. The van der Waals surface area contributed by atoms with Crippen LogP contribution >= 0.6 is 0 Å². The van der Waals surface area contributed by atoms with Gasteiger partial charge in [-0.15, -0.1) is 0 Å². The summed E-state index contributed by atoms with van der Waals surface area (Å²) in [7, 11) is 0. The highest BCUT2D eigenvalue weighted by Gasteiger charge is 2.33. The molecule has 3 heterocycles. The molecule has 10 heteroatoms. The highest BCUT2D eigenvalue weighted by Crippen LogP contribution is 2.28. The zero-order chi connectivity index (χ0) is 22.7. The van der Waals surface area contributed by atoms with Crippen LogP contribution in [0, 0.1) is 5.82 Å². The van der Waals surface area contributed by atoms with Gasteiger partial charge in [0.1, 0.15) is 30.1 Å². The number of amides is 2. The highest BCUT2D eigenvalue weighted by atomic mass is 19.1. The molecule has 2 aliphatic heterocycles. The molecular weight excluding hydrogens is 422 g/mol. The largest absolute Gasteiger partial charge is 0.462 e. The first-order valence-corrected chi connectivity index (χ1v) is 10.6. The van der Waals surface area contributed by atoms with Crippen LogP contribution in [0.15, 0.2) is 34.7 Å². The van der Waals surface area contributed by atoms with Gasteiger partial charge in [-0.05, 0) is 30.3 Å². The molecule has 1 N–H and O–H groups in total. The lowest BCUT2D eigenvalue weighted by molar-refractivity contribution is -0.119. The van der Waals surface area contributed by atoms with Gasteiger partial charge in [0.25, 0.3) is 0 Å². The lowest BCUT2D eigenvalue weighted by atomic mass is 10.2. The van der Waals surface area contributed by atoms with Crippen LogP contribution in [-0.4, -0.2) is 62.3 Å². The number of hydrogen-bond acceptors (Lipinski definition) is 6. The summed E-state index contributed by atoms with van der Waals surface area (Å²) in [5.41, 5.74) is 0.898. The van der Waals surface area contributed by atoms with Crippen molar-refractivity contribution in [2.24, 2.45) is 0 Å². The van der Waals surface area contributed by atoms with Crippen molar-refractivity contribution in [3.8, 4) is 0 Å². The van der Waals surface area contributed by atoms with Crippen molar-refractivity contribution in [3.05, 3.63) is 47.7 Å². The molecule has 2 amide bonds. The Bertz CT molecular complexity index is 975. The van der Waals surface area contributed by atoms with Crippen LogP contribution in [-0.2, 0) is 22.8 Å². The molecule has 0 unspecified atom stereocenters. The summed E-state index contributed by atoms with van der Waals surface area (Å²) in [5, 5.41) is 2.62. The van der Waals surface area contributed by atoms with Crippen LogP contribution in [0.1, 0.15) is 18.4 Å². The van der Waals surface area contributed by atoms with E-state index in [0.717, 1.165) is 18.8 Å². The molecule has 172 valence electrons. The van der Waals surface area contributed by atoms with Gasteiger partial charge in [-0.25, -0.2) is 13.6 Å².